The molecule has 0 N–H and O–H groups in total. The first kappa shape index (κ1) is 12.3. The molecule has 0 spiro atoms. The molecule has 0 atom stereocenters. The third-order valence-electron chi connectivity index (χ3n) is 1.61. The van der Waals surface area contributed by atoms with Crippen LogP contribution >= 0.6 is 0 Å². The van der Waals surface area contributed by atoms with E-state index in [2.05, 4.69) is 0 Å². The highest BCUT2D eigenvalue weighted by molar-refractivity contribution is 5.45. The van der Waals surface area contributed by atoms with Gasteiger partial charge in [-0.15, -0.1) is 0 Å². The Morgan fingerprint density at radius 1 is 1.12 bits per heavy atom. The maximum Gasteiger partial charge on any atom is 0.425 e. The van der Waals surface area contributed by atoms with Crippen LogP contribution < -0.4 is 0 Å². The Balaban J connectivity index is 3.72. The van der Waals surface area contributed by atoms with Gasteiger partial charge < -0.3 is 0 Å². The average Bonchev–Trinajstić information content (AvgIpc) is 2.07. The van der Waals surface area contributed by atoms with Crippen molar-refractivity contribution in [2.24, 2.45) is 0 Å². The lowest BCUT2D eigenvalue weighted by atomic mass is 10.1. The molecule has 1 aromatic rings. The Bertz CT molecular complexity index is 455. The summed E-state index contributed by atoms with van der Waals surface area (Å²) in [6.07, 6.45) is -5.49. The van der Waals surface area contributed by atoms with E-state index in [1.54, 1.807) is 0 Å². The van der Waals surface area contributed by atoms with Crippen molar-refractivity contribution in [1.29, 1.82) is 0 Å². The number of hydrogen-bond acceptors (Lipinski definition) is 2. The Morgan fingerprint density at radius 3 is 2.00 bits per heavy atom. The molecular weight excluding hydrogens is 244 g/mol. The van der Waals surface area contributed by atoms with Gasteiger partial charge in [-0.05, 0) is 0 Å². The summed E-state index contributed by atoms with van der Waals surface area (Å²) in [5.74, 6) is -6.64. The molecule has 0 radical (unpaired) electrons. The number of nitro benzene ring substituents is 1. The van der Waals surface area contributed by atoms with E-state index in [1.807, 2.05) is 0 Å². The van der Waals surface area contributed by atoms with Gasteiger partial charge in [0.15, 0.2) is 11.4 Å². The van der Waals surface area contributed by atoms with Crippen LogP contribution in [0.3, 0.4) is 0 Å². The molecule has 0 saturated heterocycles. The molecule has 0 amide bonds. The van der Waals surface area contributed by atoms with E-state index in [-0.39, 0.29) is 0 Å². The molecule has 1 rings (SSSR count). The summed E-state index contributed by atoms with van der Waals surface area (Å²) < 4.78 is 74.4. The molecular formula is C7HF6NO2. The van der Waals surface area contributed by atoms with Crippen molar-refractivity contribution >= 4 is 5.69 Å². The first-order chi connectivity index (χ1) is 7.16. The zero-order valence-electron chi connectivity index (χ0n) is 7.11. The number of hydrogen-bond donors (Lipinski definition) is 0. The van der Waals surface area contributed by atoms with Crippen LogP contribution in [0.5, 0.6) is 0 Å². The quantitative estimate of drug-likeness (QED) is 0.330. The molecule has 0 saturated carbocycles. The Hall–Kier alpha value is -1.80. The van der Waals surface area contributed by atoms with E-state index in [1.165, 1.54) is 0 Å². The van der Waals surface area contributed by atoms with E-state index < -0.39 is 45.9 Å². The van der Waals surface area contributed by atoms with Gasteiger partial charge in [0, 0.05) is 6.07 Å². The molecule has 3 nitrogen and oxygen atoms in total. The zero-order chi connectivity index (χ0) is 12.7. The maximum absolute atomic E-state index is 12.7. The number of alkyl halides is 3. The van der Waals surface area contributed by atoms with Gasteiger partial charge in [-0.25, -0.2) is 8.78 Å². The van der Waals surface area contributed by atoms with Crippen LogP contribution in [-0.4, -0.2) is 4.92 Å². The van der Waals surface area contributed by atoms with Crippen molar-refractivity contribution < 1.29 is 31.3 Å². The topological polar surface area (TPSA) is 43.1 Å². The lowest BCUT2D eigenvalue weighted by Crippen LogP contribution is -2.14. The second-order valence-corrected chi connectivity index (χ2v) is 2.63. The highest BCUT2D eigenvalue weighted by Crippen LogP contribution is 2.39. The van der Waals surface area contributed by atoms with E-state index in [4.69, 9.17) is 0 Å². The average molecular weight is 245 g/mol. The predicted octanol–water partition coefficient (Wildman–Crippen LogP) is 3.03. The molecule has 0 unspecified atom stereocenters. The van der Waals surface area contributed by atoms with Gasteiger partial charge >= 0.3 is 11.9 Å². The van der Waals surface area contributed by atoms with Crippen molar-refractivity contribution in [3.05, 3.63) is 39.2 Å². The minimum absolute atomic E-state index is 0.398. The van der Waals surface area contributed by atoms with E-state index >= 15 is 0 Å². The standard InChI is InChI=1S/C7HF6NO2/c8-2-1-3(9)5(10)6(14(15)16)4(2)7(11,12)13/h1H. The van der Waals surface area contributed by atoms with E-state index in [0.29, 0.717) is 0 Å². The van der Waals surface area contributed by atoms with Gasteiger partial charge in [-0.1, -0.05) is 0 Å². The fourth-order valence-corrected chi connectivity index (χ4v) is 1.02. The Morgan fingerprint density at radius 2 is 1.62 bits per heavy atom. The van der Waals surface area contributed by atoms with Gasteiger partial charge in [0.05, 0.1) is 4.92 Å². The molecule has 0 fully saturated rings. The number of halogens is 6. The predicted molar refractivity (Wildman–Crippen MR) is 38.0 cm³/mol. The molecule has 16 heavy (non-hydrogen) atoms. The Labute approximate surface area is 83.4 Å². The summed E-state index contributed by atoms with van der Waals surface area (Å²) in [6, 6.07) is -0.398. The third kappa shape index (κ3) is 1.92. The summed E-state index contributed by atoms with van der Waals surface area (Å²) in [5.41, 5.74) is -4.69. The first-order valence-electron chi connectivity index (χ1n) is 3.55. The van der Waals surface area contributed by atoms with Crippen LogP contribution in [0.4, 0.5) is 32.0 Å². The minimum Gasteiger partial charge on any atom is -0.258 e. The Kier molecular flexibility index (Phi) is 2.80. The molecule has 0 heterocycles. The SMILES string of the molecule is O=[N+]([O-])c1c(F)c(F)cc(F)c1C(F)(F)F. The molecule has 0 aliphatic heterocycles. The summed E-state index contributed by atoms with van der Waals surface area (Å²) in [6.45, 7) is 0. The molecule has 0 aliphatic carbocycles. The van der Waals surface area contributed by atoms with Crippen LogP contribution in [0.1, 0.15) is 5.56 Å². The molecule has 9 heteroatoms. The second-order valence-electron chi connectivity index (χ2n) is 2.63. The van der Waals surface area contributed by atoms with Gasteiger partial charge in [0.25, 0.3) is 0 Å². The monoisotopic (exact) mass is 245 g/mol. The second kappa shape index (κ2) is 3.65. The lowest BCUT2D eigenvalue weighted by Gasteiger charge is -2.09. The van der Waals surface area contributed by atoms with Crippen molar-refractivity contribution in [2.45, 2.75) is 6.18 Å². The van der Waals surface area contributed by atoms with Crippen LogP contribution in [-0.2, 0) is 6.18 Å². The zero-order valence-corrected chi connectivity index (χ0v) is 7.11. The van der Waals surface area contributed by atoms with Crippen molar-refractivity contribution in [3.8, 4) is 0 Å². The fraction of sp³-hybridized carbons (Fsp3) is 0.143. The fourth-order valence-electron chi connectivity index (χ4n) is 1.02. The molecule has 88 valence electrons. The van der Waals surface area contributed by atoms with Crippen LogP contribution in [0, 0.1) is 27.6 Å². The minimum atomic E-state index is -5.49. The van der Waals surface area contributed by atoms with Crippen molar-refractivity contribution in [1.82, 2.24) is 0 Å². The highest BCUT2D eigenvalue weighted by Gasteiger charge is 2.44. The summed E-state index contributed by atoms with van der Waals surface area (Å²) in [4.78, 5) is 8.30. The highest BCUT2D eigenvalue weighted by atomic mass is 19.4. The van der Waals surface area contributed by atoms with Crippen LogP contribution in [0.2, 0.25) is 0 Å². The molecule has 1 aromatic carbocycles. The summed E-state index contributed by atoms with van der Waals surface area (Å²) in [7, 11) is 0. The number of nitrogens with zero attached hydrogens (tertiary/aromatic N) is 1. The third-order valence-corrected chi connectivity index (χ3v) is 1.61. The number of nitro groups is 1. The molecule has 0 aromatic heterocycles. The summed E-state index contributed by atoms with van der Waals surface area (Å²) in [5, 5.41) is 10.1. The smallest absolute Gasteiger partial charge is 0.258 e. The van der Waals surface area contributed by atoms with E-state index in [9.17, 15) is 36.5 Å². The van der Waals surface area contributed by atoms with Gasteiger partial charge in [-0.2, -0.15) is 17.6 Å². The first-order valence-corrected chi connectivity index (χ1v) is 3.55. The van der Waals surface area contributed by atoms with Gasteiger partial charge in [-0.3, -0.25) is 10.1 Å². The summed E-state index contributed by atoms with van der Waals surface area (Å²) >= 11 is 0. The largest absolute Gasteiger partial charge is 0.425 e. The van der Waals surface area contributed by atoms with Gasteiger partial charge in [0.1, 0.15) is 5.82 Å². The van der Waals surface area contributed by atoms with Crippen LogP contribution in [0.25, 0.3) is 0 Å². The number of rotatable bonds is 1. The molecule has 0 aliphatic rings. The normalized spacial score (nSPS) is 11.6. The lowest BCUT2D eigenvalue weighted by molar-refractivity contribution is -0.391. The molecule has 0 bridgehead atoms. The van der Waals surface area contributed by atoms with Crippen molar-refractivity contribution in [3.63, 3.8) is 0 Å². The maximum atomic E-state index is 12.7. The van der Waals surface area contributed by atoms with E-state index in [0.717, 1.165) is 0 Å². The number of benzene rings is 1. The van der Waals surface area contributed by atoms with Gasteiger partial charge in [0.2, 0.25) is 5.82 Å². The van der Waals surface area contributed by atoms with Crippen molar-refractivity contribution in [2.75, 3.05) is 0 Å². The van der Waals surface area contributed by atoms with Crippen LogP contribution in [0.15, 0.2) is 6.07 Å².